The first-order valence-corrected chi connectivity index (χ1v) is 5.66. The van der Waals surface area contributed by atoms with Gasteiger partial charge in [-0.3, -0.25) is 0 Å². The summed E-state index contributed by atoms with van der Waals surface area (Å²) in [6.45, 7) is 2.16. The summed E-state index contributed by atoms with van der Waals surface area (Å²) in [5, 5.41) is 3.17. The van der Waals surface area contributed by atoms with E-state index in [4.69, 9.17) is 0 Å². The Labute approximate surface area is 86.1 Å². The first-order chi connectivity index (χ1) is 5.77. The fourth-order valence-corrected chi connectivity index (χ4v) is 2.34. The SMILES string of the molecule is CCSc1cc(Br)ccc1NC. The van der Waals surface area contributed by atoms with Crippen molar-refractivity contribution in [3.8, 4) is 0 Å². The van der Waals surface area contributed by atoms with Gasteiger partial charge in [-0.25, -0.2) is 0 Å². The minimum absolute atomic E-state index is 1.10. The molecule has 1 aromatic rings. The van der Waals surface area contributed by atoms with Gasteiger partial charge in [0.2, 0.25) is 0 Å². The largest absolute Gasteiger partial charge is 0.387 e. The molecule has 0 heterocycles. The predicted molar refractivity (Wildman–Crippen MR) is 60.1 cm³/mol. The van der Waals surface area contributed by atoms with Crippen LogP contribution in [0.2, 0.25) is 0 Å². The van der Waals surface area contributed by atoms with Gasteiger partial charge in [-0.2, -0.15) is 0 Å². The average molecular weight is 246 g/mol. The molecule has 0 amide bonds. The van der Waals surface area contributed by atoms with Gasteiger partial charge < -0.3 is 5.32 Å². The minimum atomic E-state index is 1.10. The van der Waals surface area contributed by atoms with E-state index in [0.717, 1.165) is 10.2 Å². The molecule has 0 spiro atoms. The summed E-state index contributed by atoms with van der Waals surface area (Å²) in [5.41, 5.74) is 1.20. The van der Waals surface area contributed by atoms with Gasteiger partial charge in [-0.05, 0) is 24.0 Å². The third kappa shape index (κ3) is 2.42. The molecule has 0 saturated carbocycles. The van der Waals surface area contributed by atoms with Crippen LogP contribution >= 0.6 is 27.7 Å². The maximum absolute atomic E-state index is 3.45. The Morgan fingerprint density at radius 2 is 2.25 bits per heavy atom. The zero-order chi connectivity index (χ0) is 8.97. The van der Waals surface area contributed by atoms with Gasteiger partial charge in [-0.1, -0.05) is 22.9 Å². The summed E-state index contributed by atoms with van der Waals surface area (Å²) in [7, 11) is 1.95. The van der Waals surface area contributed by atoms with E-state index in [2.05, 4.69) is 40.3 Å². The molecule has 66 valence electrons. The lowest BCUT2D eigenvalue weighted by atomic mass is 10.3. The topological polar surface area (TPSA) is 12.0 Å². The van der Waals surface area contributed by atoms with Gasteiger partial charge >= 0.3 is 0 Å². The van der Waals surface area contributed by atoms with Crippen LogP contribution < -0.4 is 5.32 Å². The van der Waals surface area contributed by atoms with Crippen molar-refractivity contribution in [1.82, 2.24) is 0 Å². The third-order valence-electron chi connectivity index (χ3n) is 1.51. The van der Waals surface area contributed by atoms with E-state index in [9.17, 15) is 0 Å². The number of hydrogen-bond donors (Lipinski definition) is 1. The number of hydrogen-bond acceptors (Lipinski definition) is 2. The lowest BCUT2D eigenvalue weighted by Crippen LogP contribution is -1.90. The number of halogens is 1. The summed E-state index contributed by atoms with van der Waals surface area (Å²) < 4.78 is 1.14. The van der Waals surface area contributed by atoms with E-state index in [1.54, 1.807) is 0 Å². The van der Waals surface area contributed by atoms with Crippen molar-refractivity contribution in [1.29, 1.82) is 0 Å². The Morgan fingerprint density at radius 3 is 2.83 bits per heavy atom. The molecule has 0 unspecified atom stereocenters. The van der Waals surface area contributed by atoms with Crippen LogP contribution in [0, 0.1) is 0 Å². The van der Waals surface area contributed by atoms with Crippen LogP contribution in [0.3, 0.4) is 0 Å². The molecule has 0 aliphatic carbocycles. The van der Waals surface area contributed by atoms with Crippen molar-refractivity contribution in [2.24, 2.45) is 0 Å². The van der Waals surface area contributed by atoms with E-state index in [-0.39, 0.29) is 0 Å². The molecule has 0 atom stereocenters. The lowest BCUT2D eigenvalue weighted by molar-refractivity contribution is 1.36. The average Bonchev–Trinajstić information content (AvgIpc) is 2.05. The van der Waals surface area contributed by atoms with Gasteiger partial charge in [0, 0.05) is 22.1 Å². The predicted octanol–water partition coefficient (Wildman–Crippen LogP) is 3.60. The van der Waals surface area contributed by atoms with Gasteiger partial charge in [-0.15, -0.1) is 11.8 Å². The molecular weight excluding hydrogens is 234 g/mol. The minimum Gasteiger partial charge on any atom is -0.387 e. The quantitative estimate of drug-likeness (QED) is 0.818. The maximum atomic E-state index is 3.45. The van der Waals surface area contributed by atoms with Crippen LogP contribution in [0.25, 0.3) is 0 Å². The molecule has 0 aliphatic rings. The first kappa shape index (κ1) is 9.93. The van der Waals surface area contributed by atoms with Crippen molar-refractivity contribution in [2.45, 2.75) is 11.8 Å². The molecule has 1 nitrogen and oxygen atoms in total. The molecule has 0 fully saturated rings. The van der Waals surface area contributed by atoms with E-state index >= 15 is 0 Å². The zero-order valence-corrected chi connectivity index (χ0v) is 9.63. The van der Waals surface area contributed by atoms with Crippen molar-refractivity contribution in [3.63, 3.8) is 0 Å². The highest BCUT2D eigenvalue weighted by atomic mass is 79.9. The highest BCUT2D eigenvalue weighted by Crippen LogP contribution is 2.29. The van der Waals surface area contributed by atoms with Gasteiger partial charge in [0.25, 0.3) is 0 Å². The monoisotopic (exact) mass is 245 g/mol. The molecular formula is C9H12BrNS. The van der Waals surface area contributed by atoms with Crippen molar-refractivity contribution >= 4 is 33.4 Å². The Kier molecular flexibility index (Phi) is 3.95. The molecule has 1 aromatic carbocycles. The smallest absolute Gasteiger partial charge is 0.0476 e. The zero-order valence-electron chi connectivity index (χ0n) is 7.23. The standard InChI is InChI=1S/C9H12BrNS/c1-3-12-9-6-7(10)4-5-8(9)11-2/h4-6,11H,3H2,1-2H3. The molecule has 0 aliphatic heterocycles. The highest BCUT2D eigenvalue weighted by Gasteiger charge is 2.00. The fourth-order valence-electron chi connectivity index (χ4n) is 0.978. The number of rotatable bonds is 3. The summed E-state index contributed by atoms with van der Waals surface area (Å²) >= 11 is 5.30. The number of nitrogens with one attached hydrogen (secondary N) is 1. The number of anilines is 1. The van der Waals surface area contributed by atoms with Crippen LogP contribution in [-0.4, -0.2) is 12.8 Å². The molecule has 1 N–H and O–H groups in total. The van der Waals surface area contributed by atoms with Crippen molar-refractivity contribution in [2.75, 3.05) is 18.1 Å². The maximum Gasteiger partial charge on any atom is 0.0476 e. The summed E-state index contributed by atoms with van der Waals surface area (Å²) in [6.07, 6.45) is 0. The summed E-state index contributed by atoms with van der Waals surface area (Å²) in [5.74, 6) is 1.10. The van der Waals surface area contributed by atoms with E-state index in [1.807, 2.05) is 24.9 Å². The first-order valence-electron chi connectivity index (χ1n) is 3.88. The van der Waals surface area contributed by atoms with E-state index < -0.39 is 0 Å². The highest BCUT2D eigenvalue weighted by molar-refractivity contribution is 9.10. The van der Waals surface area contributed by atoms with Crippen LogP contribution in [-0.2, 0) is 0 Å². The Balaban J connectivity index is 2.95. The molecule has 3 heteroatoms. The van der Waals surface area contributed by atoms with Crippen molar-refractivity contribution < 1.29 is 0 Å². The molecule has 0 bridgehead atoms. The second-order valence-electron chi connectivity index (χ2n) is 2.32. The summed E-state index contributed by atoms with van der Waals surface area (Å²) in [6, 6.07) is 6.27. The molecule has 1 rings (SSSR count). The molecule has 0 aromatic heterocycles. The van der Waals surface area contributed by atoms with Gasteiger partial charge in [0.1, 0.15) is 0 Å². The summed E-state index contributed by atoms with van der Waals surface area (Å²) in [4.78, 5) is 1.30. The molecule has 0 saturated heterocycles. The Hall–Kier alpha value is -0.150. The van der Waals surface area contributed by atoms with Gasteiger partial charge in [0.05, 0.1) is 0 Å². The number of benzene rings is 1. The molecule has 0 radical (unpaired) electrons. The second kappa shape index (κ2) is 4.77. The van der Waals surface area contributed by atoms with Gasteiger partial charge in [0.15, 0.2) is 0 Å². The fraction of sp³-hybridized carbons (Fsp3) is 0.333. The van der Waals surface area contributed by atoms with Crippen LogP contribution in [0.15, 0.2) is 27.6 Å². The number of thioether (sulfide) groups is 1. The second-order valence-corrected chi connectivity index (χ2v) is 4.55. The Morgan fingerprint density at radius 1 is 1.50 bits per heavy atom. The van der Waals surface area contributed by atoms with E-state index in [0.29, 0.717) is 0 Å². The van der Waals surface area contributed by atoms with Crippen LogP contribution in [0.1, 0.15) is 6.92 Å². The normalized spacial score (nSPS) is 9.92. The lowest BCUT2D eigenvalue weighted by Gasteiger charge is -2.07. The van der Waals surface area contributed by atoms with E-state index in [1.165, 1.54) is 10.6 Å². The van der Waals surface area contributed by atoms with Crippen LogP contribution in [0.5, 0.6) is 0 Å². The third-order valence-corrected chi connectivity index (χ3v) is 2.94. The molecule has 12 heavy (non-hydrogen) atoms. The van der Waals surface area contributed by atoms with Crippen molar-refractivity contribution in [3.05, 3.63) is 22.7 Å². The van der Waals surface area contributed by atoms with Crippen LogP contribution in [0.4, 0.5) is 5.69 Å². The Bertz CT molecular complexity index is 263.